The summed E-state index contributed by atoms with van der Waals surface area (Å²) >= 11 is 0. The number of hydrazone groups is 1. The fraction of sp³-hybridized carbons (Fsp3) is 0.263. The van der Waals surface area contributed by atoms with Gasteiger partial charge in [-0.2, -0.15) is 5.10 Å². The number of phenolic OH excluding ortho intramolecular Hbond substituents is 1. The minimum atomic E-state index is -0.195. The SMILES string of the molecule is CC(C)(C)c1ccc(O)c(/C=N/NC(=O)Cc2ccccc2)c1. The Hall–Kier alpha value is -2.62. The highest BCUT2D eigenvalue weighted by atomic mass is 16.3. The van der Waals surface area contributed by atoms with Crippen molar-refractivity contribution >= 4 is 12.1 Å². The van der Waals surface area contributed by atoms with Crippen LogP contribution in [-0.2, 0) is 16.6 Å². The molecule has 0 aromatic heterocycles. The van der Waals surface area contributed by atoms with Gasteiger partial charge in [0, 0.05) is 5.56 Å². The lowest BCUT2D eigenvalue weighted by molar-refractivity contribution is -0.120. The maximum absolute atomic E-state index is 11.8. The summed E-state index contributed by atoms with van der Waals surface area (Å²) in [4.78, 5) is 11.8. The topological polar surface area (TPSA) is 61.7 Å². The molecule has 0 unspecified atom stereocenters. The summed E-state index contributed by atoms with van der Waals surface area (Å²) in [6.45, 7) is 6.30. The Kier molecular flexibility index (Phi) is 5.16. The van der Waals surface area contributed by atoms with E-state index >= 15 is 0 Å². The summed E-state index contributed by atoms with van der Waals surface area (Å²) < 4.78 is 0. The Morgan fingerprint density at radius 2 is 1.87 bits per heavy atom. The summed E-state index contributed by atoms with van der Waals surface area (Å²) in [6, 6.07) is 14.9. The molecule has 0 saturated heterocycles. The minimum absolute atomic E-state index is 0.0210. The van der Waals surface area contributed by atoms with E-state index in [1.165, 1.54) is 6.21 Å². The first-order chi connectivity index (χ1) is 10.9. The molecule has 2 rings (SSSR count). The first kappa shape index (κ1) is 16.7. The van der Waals surface area contributed by atoms with Crippen molar-refractivity contribution < 1.29 is 9.90 Å². The van der Waals surface area contributed by atoms with Crippen LogP contribution in [0.1, 0.15) is 37.5 Å². The van der Waals surface area contributed by atoms with Crippen molar-refractivity contribution in [3.8, 4) is 5.75 Å². The van der Waals surface area contributed by atoms with Crippen LogP contribution in [0, 0.1) is 0 Å². The number of phenols is 1. The lowest BCUT2D eigenvalue weighted by Crippen LogP contribution is -2.19. The molecule has 0 aliphatic carbocycles. The van der Waals surface area contributed by atoms with Crippen molar-refractivity contribution in [2.24, 2.45) is 5.10 Å². The quantitative estimate of drug-likeness (QED) is 0.672. The van der Waals surface area contributed by atoms with Crippen LogP contribution in [0.25, 0.3) is 0 Å². The number of rotatable bonds is 4. The molecular formula is C19H22N2O2. The van der Waals surface area contributed by atoms with Gasteiger partial charge in [-0.1, -0.05) is 57.2 Å². The molecule has 0 radical (unpaired) electrons. The van der Waals surface area contributed by atoms with E-state index in [-0.39, 0.29) is 23.5 Å². The average molecular weight is 310 g/mol. The van der Waals surface area contributed by atoms with Gasteiger partial charge in [-0.25, -0.2) is 5.43 Å². The molecule has 0 spiro atoms. The van der Waals surface area contributed by atoms with E-state index in [1.807, 2.05) is 42.5 Å². The van der Waals surface area contributed by atoms with Gasteiger partial charge in [0.2, 0.25) is 5.91 Å². The molecule has 1 amide bonds. The van der Waals surface area contributed by atoms with Gasteiger partial charge in [-0.3, -0.25) is 4.79 Å². The van der Waals surface area contributed by atoms with E-state index < -0.39 is 0 Å². The van der Waals surface area contributed by atoms with Crippen molar-refractivity contribution in [3.63, 3.8) is 0 Å². The number of nitrogens with zero attached hydrogens (tertiary/aromatic N) is 1. The van der Waals surface area contributed by atoms with Crippen molar-refractivity contribution in [2.45, 2.75) is 32.6 Å². The molecule has 0 fully saturated rings. The van der Waals surface area contributed by atoms with Crippen molar-refractivity contribution in [2.75, 3.05) is 0 Å². The molecule has 2 aromatic carbocycles. The monoisotopic (exact) mass is 310 g/mol. The fourth-order valence-electron chi connectivity index (χ4n) is 2.12. The standard InChI is InChI=1S/C19H22N2O2/c1-19(2,3)16-9-10-17(22)15(12-16)13-20-21-18(23)11-14-7-5-4-6-8-14/h4-10,12-13,22H,11H2,1-3H3,(H,21,23)/b20-13+. The van der Waals surface area contributed by atoms with Crippen LogP contribution < -0.4 is 5.43 Å². The number of amides is 1. The Labute approximate surface area is 136 Å². The molecule has 0 atom stereocenters. The van der Waals surface area contributed by atoms with E-state index in [4.69, 9.17) is 0 Å². The van der Waals surface area contributed by atoms with Gasteiger partial charge >= 0.3 is 0 Å². The molecule has 2 aromatic rings. The zero-order valence-corrected chi connectivity index (χ0v) is 13.7. The van der Waals surface area contributed by atoms with Crippen LogP contribution in [0.4, 0.5) is 0 Å². The molecule has 2 N–H and O–H groups in total. The number of aromatic hydroxyl groups is 1. The molecule has 0 heterocycles. The van der Waals surface area contributed by atoms with Gasteiger partial charge in [0.1, 0.15) is 5.75 Å². The second kappa shape index (κ2) is 7.09. The molecular weight excluding hydrogens is 288 g/mol. The molecule has 0 bridgehead atoms. The number of nitrogens with one attached hydrogen (secondary N) is 1. The van der Waals surface area contributed by atoms with Crippen molar-refractivity contribution in [3.05, 3.63) is 65.2 Å². The zero-order valence-electron chi connectivity index (χ0n) is 13.7. The first-order valence-corrected chi connectivity index (χ1v) is 7.55. The van der Waals surface area contributed by atoms with Crippen molar-refractivity contribution in [1.29, 1.82) is 0 Å². The predicted molar refractivity (Wildman–Crippen MR) is 92.7 cm³/mol. The number of benzene rings is 2. The van der Waals surface area contributed by atoms with Gasteiger partial charge in [0.25, 0.3) is 0 Å². The highest BCUT2D eigenvalue weighted by Crippen LogP contribution is 2.26. The van der Waals surface area contributed by atoms with Crippen LogP contribution in [0.2, 0.25) is 0 Å². The Morgan fingerprint density at radius 3 is 2.52 bits per heavy atom. The molecule has 23 heavy (non-hydrogen) atoms. The second-order valence-corrected chi connectivity index (χ2v) is 6.48. The summed E-state index contributed by atoms with van der Waals surface area (Å²) in [5.41, 5.74) is 5.06. The van der Waals surface area contributed by atoms with Gasteiger partial charge < -0.3 is 5.11 Å². The lowest BCUT2D eigenvalue weighted by atomic mass is 9.86. The normalized spacial score (nSPS) is 11.6. The molecule has 120 valence electrons. The molecule has 0 aliphatic heterocycles. The molecule has 0 saturated carbocycles. The Morgan fingerprint density at radius 1 is 1.17 bits per heavy atom. The maximum Gasteiger partial charge on any atom is 0.244 e. The van der Waals surface area contributed by atoms with E-state index in [9.17, 15) is 9.90 Å². The van der Waals surface area contributed by atoms with E-state index in [0.29, 0.717) is 5.56 Å². The zero-order chi connectivity index (χ0) is 16.9. The largest absolute Gasteiger partial charge is 0.507 e. The lowest BCUT2D eigenvalue weighted by Gasteiger charge is -2.19. The third kappa shape index (κ3) is 4.95. The van der Waals surface area contributed by atoms with Crippen molar-refractivity contribution in [1.82, 2.24) is 5.43 Å². The van der Waals surface area contributed by atoms with Gasteiger partial charge in [-0.05, 0) is 28.7 Å². The van der Waals surface area contributed by atoms with Gasteiger partial charge in [-0.15, -0.1) is 0 Å². The predicted octanol–water partition coefficient (Wildman–Crippen LogP) is 3.38. The molecule has 4 heteroatoms. The number of carbonyl (C=O) groups excluding carboxylic acids is 1. The number of hydrogen-bond acceptors (Lipinski definition) is 3. The third-order valence-corrected chi connectivity index (χ3v) is 3.49. The Bertz CT molecular complexity index is 701. The molecule has 0 aliphatic rings. The van der Waals surface area contributed by atoms with Crippen LogP contribution in [0.5, 0.6) is 5.75 Å². The second-order valence-electron chi connectivity index (χ2n) is 6.48. The summed E-state index contributed by atoms with van der Waals surface area (Å²) in [7, 11) is 0. The minimum Gasteiger partial charge on any atom is -0.507 e. The first-order valence-electron chi connectivity index (χ1n) is 7.55. The van der Waals surface area contributed by atoms with Crippen LogP contribution in [-0.4, -0.2) is 17.2 Å². The smallest absolute Gasteiger partial charge is 0.244 e. The number of carbonyl (C=O) groups is 1. The summed E-state index contributed by atoms with van der Waals surface area (Å²) in [5.74, 6) is -0.0574. The van der Waals surface area contributed by atoms with E-state index in [2.05, 4.69) is 31.3 Å². The average Bonchev–Trinajstić information content (AvgIpc) is 2.49. The van der Waals surface area contributed by atoms with Crippen LogP contribution in [0.3, 0.4) is 0 Å². The highest BCUT2D eigenvalue weighted by molar-refractivity contribution is 5.85. The fourth-order valence-corrected chi connectivity index (χ4v) is 2.12. The summed E-state index contributed by atoms with van der Waals surface area (Å²) in [6.07, 6.45) is 1.74. The van der Waals surface area contributed by atoms with Gasteiger partial charge in [0.05, 0.1) is 12.6 Å². The molecule has 4 nitrogen and oxygen atoms in total. The maximum atomic E-state index is 11.8. The van der Waals surface area contributed by atoms with Crippen LogP contribution >= 0.6 is 0 Å². The van der Waals surface area contributed by atoms with Crippen LogP contribution in [0.15, 0.2) is 53.6 Å². The Balaban J connectivity index is 2.01. The third-order valence-electron chi connectivity index (χ3n) is 3.49. The van der Waals surface area contributed by atoms with E-state index in [1.54, 1.807) is 6.07 Å². The van der Waals surface area contributed by atoms with Gasteiger partial charge in [0.15, 0.2) is 0 Å². The summed E-state index contributed by atoms with van der Waals surface area (Å²) in [5, 5.41) is 13.8. The highest BCUT2D eigenvalue weighted by Gasteiger charge is 2.14. The number of hydrogen-bond donors (Lipinski definition) is 2. The van der Waals surface area contributed by atoms with E-state index in [0.717, 1.165) is 11.1 Å².